The van der Waals surface area contributed by atoms with Gasteiger partial charge in [-0.1, -0.05) is 18.2 Å². The summed E-state index contributed by atoms with van der Waals surface area (Å²) in [7, 11) is -4.03. The second-order valence-electron chi connectivity index (χ2n) is 7.82. The standard InChI is InChI=1S/C26H22N4O5S/c31-25(32)16-23(19-6-4-13-27-17-19)36(34,35)22-11-9-20(10-12-22)30-26(33)18-5-3-7-21(15-18)29-24-8-1-2-14-28-24/h1-15,17,23H,16H2,(H,28,29)(H,30,33)(H,31,32). The van der Waals surface area contributed by atoms with Gasteiger partial charge in [0.25, 0.3) is 5.91 Å². The molecular weight excluding hydrogens is 480 g/mol. The van der Waals surface area contributed by atoms with Crippen molar-refractivity contribution in [2.24, 2.45) is 0 Å². The van der Waals surface area contributed by atoms with E-state index in [4.69, 9.17) is 0 Å². The fourth-order valence-corrected chi connectivity index (χ4v) is 5.25. The number of pyridine rings is 2. The van der Waals surface area contributed by atoms with Gasteiger partial charge in [0.1, 0.15) is 11.1 Å². The monoisotopic (exact) mass is 502 g/mol. The fourth-order valence-electron chi connectivity index (χ4n) is 3.55. The summed E-state index contributed by atoms with van der Waals surface area (Å²) in [6.45, 7) is 0. The van der Waals surface area contributed by atoms with Gasteiger partial charge < -0.3 is 15.7 Å². The Hall–Kier alpha value is -4.57. The lowest BCUT2D eigenvalue weighted by Gasteiger charge is -2.16. The number of rotatable bonds is 9. The summed E-state index contributed by atoms with van der Waals surface area (Å²) < 4.78 is 26.4. The number of carboxylic acid groups (broad SMARTS) is 1. The van der Waals surface area contributed by atoms with Crippen LogP contribution in [0.25, 0.3) is 0 Å². The summed E-state index contributed by atoms with van der Waals surface area (Å²) in [6.07, 6.45) is 3.88. The Kier molecular flexibility index (Phi) is 7.36. The first-order valence-corrected chi connectivity index (χ1v) is 12.4. The van der Waals surface area contributed by atoms with Crippen LogP contribution >= 0.6 is 0 Å². The van der Waals surface area contributed by atoms with Crippen molar-refractivity contribution in [3.63, 3.8) is 0 Å². The van der Waals surface area contributed by atoms with Crippen molar-refractivity contribution in [1.82, 2.24) is 9.97 Å². The van der Waals surface area contributed by atoms with Crippen molar-refractivity contribution < 1.29 is 23.1 Å². The number of aromatic nitrogens is 2. The minimum Gasteiger partial charge on any atom is -0.481 e. The van der Waals surface area contributed by atoms with Crippen LogP contribution in [0.4, 0.5) is 17.2 Å². The fraction of sp³-hybridized carbons (Fsp3) is 0.0769. The average Bonchev–Trinajstić information content (AvgIpc) is 2.89. The molecule has 1 atom stereocenters. The third kappa shape index (κ3) is 5.91. The Morgan fingerprint density at radius 2 is 1.69 bits per heavy atom. The number of nitrogens with zero attached hydrogens (tertiary/aromatic N) is 2. The third-order valence-corrected chi connectivity index (χ3v) is 7.41. The predicted octanol–water partition coefficient (Wildman–Crippen LogP) is 4.46. The number of anilines is 3. The Balaban J connectivity index is 1.50. The maximum atomic E-state index is 13.2. The Bertz CT molecular complexity index is 1460. The number of nitrogens with one attached hydrogen (secondary N) is 2. The molecule has 10 heteroatoms. The van der Waals surface area contributed by atoms with Gasteiger partial charge >= 0.3 is 5.97 Å². The number of carbonyl (C=O) groups is 2. The molecule has 36 heavy (non-hydrogen) atoms. The summed E-state index contributed by atoms with van der Waals surface area (Å²) in [4.78, 5) is 32.2. The van der Waals surface area contributed by atoms with Crippen molar-refractivity contribution in [1.29, 1.82) is 0 Å². The van der Waals surface area contributed by atoms with Crippen LogP contribution in [0.5, 0.6) is 0 Å². The van der Waals surface area contributed by atoms with Crippen LogP contribution in [-0.2, 0) is 14.6 Å². The molecule has 0 saturated heterocycles. The first-order valence-electron chi connectivity index (χ1n) is 10.9. The van der Waals surface area contributed by atoms with Gasteiger partial charge in [0.15, 0.2) is 9.84 Å². The Morgan fingerprint density at radius 3 is 2.36 bits per heavy atom. The third-order valence-electron chi connectivity index (χ3n) is 5.29. The van der Waals surface area contributed by atoms with E-state index >= 15 is 0 Å². The minimum atomic E-state index is -4.03. The molecule has 1 unspecified atom stereocenters. The Labute approximate surface area is 207 Å². The molecule has 0 spiro atoms. The zero-order valence-electron chi connectivity index (χ0n) is 18.9. The number of benzene rings is 2. The highest BCUT2D eigenvalue weighted by atomic mass is 32.2. The number of carbonyl (C=O) groups excluding carboxylic acids is 1. The summed E-state index contributed by atoms with van der Waals surface area (Å²) in [5, 5.41) is 13.8. The first-order chi connectivity index (χ1) is 17.3. The number of sulfone groups is 1. The highest BCUT2D eigenvalue weighted by molar-refractivity contribution is 7.91. The smallest absolute Gasteiger partial charge is 0.305 e. The molecule has 2 heterocycles. The zero-order valence-corrected chi connectivity index (χ0v) is 19.7. The van der Waals surface area contributed by atoms with Gasteiger partial charge in [-0.25, -0.2) is 13.4 Å². The van der Waals surface area contributed by atoms with Crippen molar-refractivity contribution in [2.75, 3.05) is 10.6 Å². The van der Waals surface area contributed by atoms with E-state index in [1.165, 1.54) is 42.7 Å². The summed E-state index contributed by atoms with van der Waals surface area (Å²) >= 11 is 0. The molecule has 4 rings (SSSR count). The molecule has 0 aliphatic rings. The highest BCUT2D eigenvalue weighted by Crippen LogP contribution is 2.32. The van der Waals surface area contributed by atoms with Crippen LogP contribution in [0.3, 0.4) is 0 Å². The zero-order chi connectivity index (χ0) is 25.5. The molecule has 182 valence electrons. The van der Waals surface area contributed by atoms with E-state index in [1.807, 2.05) is 6.07 Å². The van der Waals surface area contributed by atoms with Gasteiger partial charge in [0.05, 0.1) is 11.3 Å². The van der Waals surface area contributed by atoms with Crippen LogP contribution in [0.2, 0.25) is 0 Å². The topological polar surface area (TPSA) is 138 Å². The lowest BCUT2D eigenvalue weighted by Crippen LogP contribution is -2.18. The van der Waals surface area contributed by atoms with Crippen LogP contribution in [-0.4, -0.2) is 35.4 Å². The molecule has 0 saturated carbocycles. The van der Waals surface area contributed by atoms with Crippen LogP contribution < -0.4 is 10.6 Å². The summed E-state index contributed by atoms with van der Waals surface area (Å²) in [5.74, 6) is -0.982. The quantitative estimate of drug-likeness (QED) is 0.305. The molecule has 0 fully saturated rings. The second kappa shape index (κ2) is 10.8. The molecule has 0 bridgehead atoms. The lowest BCUT2D eigenvalue weighted by atomic mass is 10.1. The SMILES string of the molecule is O=C(O)CC(c1cccnc1)S(=O)(=O)c1ccc(NC(=O)c2cccc(Nc3ccccn3)c2)cc1. The molecule has 2 aromatic heterocycles. The van der Waals surface area contributed by atoms with E-state index in [0.717, 1.165) is 0 Å². The van der Waals surface area contributed by atoms with E-state index in [-0.39, 0.29) is 16.4 Å². The lowest BCUT2D eigenvalue weighted by molar-refractivity contribution is -0.137. The number of amides is 1. The summed E-state index contributed by atoms with van der Waals surface area (Å²) in [5.41, 5.74) is 1.75. The van der Waals surface area contributed by atoms with E-state index in [1.54, 1.807) is 48.7 Å². The van der Waals surface area contributed by atoms with E-state index in [9.17, 15) is 23.1 Å². The van der Waals surface area contributed by atoms with Gasteiger partial charge in [-0.3, -0.25) is 14.6 Å². The normalized spacial score (nSPS) is 11.9. The second-order valence-corrected chi connectivity index (χ2v) is 9.95. The average molecular weight is 503 g/mol. The van der Waals surface area contributed by atoms with Gasteiger partial charge in [-0.2, -0.15) is 0 Å². The van der Waals surface area contributed by atoms with Gasteiger partial charge in [0, 0.05) is 35.5 Å². The number of hydrogen-bond donors (Lipinski definition) is 3. The molecule has 1 amide bonds. The largest absolute Gasteiger partial charge is 0.481 e. The molecule has 2 aromatic carbocycles. The van der Waals surface area contributed by atoms with Crippen LogP contribution in [0.1, 0.15) is 27.6 Å². The maximum absolute atomic E-state index is 13.2. The molecule has 3 N–H and O–H groups in total. The summed E-state index contributed by atoms with van der Waals surface area (Å²) in [6, 6.07) is 21.0. The molecule has 0 radical (unpaired) electrons. The van der Waals surface area contributed by atoms with Crippen molar-refractivity contribution in [3.05, 3.63) is 109 Å². The predicted molar refractivity (Wildman–Crippen MR) is 135 cm³/mol. The van der Waals surface area contributed by atoms with Crippen molar-refractivity contribution >= 4 is 38.9 Å². The molecule has 0 aliphatic carbocycles. The maximum Gasteiger partial charge on any atom is 0.305 e. The van der Waals surface area contributed by atoms with Gasteiger partial charge in [-0.15, -0.1) is 0 Å². The highest BCUT2D eigenvalue weighted by Gasteiger charge is 2.31. The number of aliphatic carboxylic acids is 1. The minimum absolute atomic E-state index is 0.0582. The van der Waals surface area contributed by atoms with Gasteiger partial charge in [0.2, 0.25) is 0 Å². The van der Waals surface area contributed by atoms with E-state index in [2.05, 4.69) is 20.6 Å². The number of carboxylic acids is 1. The first kappa shape index (κ1) is 24.6. The number of hydrogen-bond acceptors (Lipinski definition) is 7. The molecule has 9 nitrogen and oxygen atoms in total. The van der Waals surface area contributed by atoms with Gasteiger partial charge in [-0.05, 0) is 66.2 Å². The molecule has 0 aliphatic heterocycles. The van der Waals surface area contributed by atoms with Crippen LogP contribution in [0.15, 0.2) is 102 Å². The van der Waals surface area contributed by atoms with Crippen molar-refractivity contribution in [3.8, 4) is 0 Å². The molecular formula is C26H22N4O5S. The molecule has 4 aromatic rings. The van der Waals surface area contributed by atoms with E-state index in [0.29, 0.717) is 22.8 Å². The van der Waals surface area contributed by atoms with Crippen molar-refractivity contribution in [2.45, 2.75) is 16.6 Å². The van der Waals surface area contributed by atoms with Crippen LogP contribution in [0, 0.1) is 0 Å². The van der Waals surface area contributed by atoms with E-state index < -0.39 is 27.5 Å². The Morgan fingerprint density at radius 1 is 0.889 bits per heavy atom.